The number of carbonyl (C=O) groups is 1. The third-order valence-electron chi connectivity index (χ3n) is 3.96. The van der Waals surface area contributed by atoms with E-state index in [9.17, 15) is 4.79 Å². The van der Waals surface area contributed by atoms with Crippen LogP contribution in [-0.4, -0.2) is 37.1 Å². The number of aryl methyl sites for hydroxylation is 2. The predicted octanol–water partition coefficient (Wildman–Crippen LogP) is 2.16. The van der Waals surface area contributed by atoms with Crippen LogP contribution in [-0.2, 0) is 9.53 Å². The van der Waals surface area contributed by atoms with E-state index in [1.807, 2.05) is 4.90 Å². The van der Waals surface area contributed by atoms with Gasteiger partial charge in [-0.3, -0.25) is 10.1 Å². The lowest BCUT2D eigenvalue weighted by Gasteiger charge is -2.32. The van der Waals surface area contributed by atoms with E-state index in [0.29, 0.717) is 13.2 Å². The maximum absolute atomic E-state index is 12.2. The fraction of sp³-hybridized carbons (Fsp3) is 0.562. The molecule has 1 amide bonds. The topological polar surface area (TPSA) is 41.6 Å². The van der Waals surface area contributed by atoms with Crippen molar-refractivity contribution in [1.82, 2.24) is 10.2 Å². The highest BCUT2D eigenvalue weighted by molar-refractivity contribution is 5.81. The molecule has 2 rings (SSSR count). The van der Waals surface area contributed by atoms with Crippen LogP contribution in [0.5, 0.6) is 0 Å². The number of hydrogen-bond acceptors (Lipinski definition) is 3. The van der Waals surface area contributed by atoms with Crippen molar-refractivity contribution in [2.75, 3.05) is 20.3 Å². The minimum absolute atomic E-state index is 0.0387. The Labute approximate surface area is 121 Å². The highest BCUT2D eigenvalue weighted by Crippen LogP contribution is 2.28. The van der Waals surface area contributed by atoms with E-state index in [-0.39, 0.29) is 18.1 Å². The van der Waals surface area contributed by atoms with Crippen LogP contribution in [0.25, 0.3) is 0 Å². The molecule has 20 heavy (non-hydrogen) atoms. The number of ether oxygens (including phenoxy) is 1. The summed E-state index contributed by atoms with van der Waals surface area (Å²) in [5.74, 6) is 0.152. The number of methoxy groups -OCH3 is 1. The lowest BCUT2D eigenvalue weighted by molar-refractivity contribution is -0.131. The van der Waals surface area contributed by atoms with Crippen molar-refractivity contribution in [3.8, 4) is 0 Å². The molecule has 0 aromatic heterocycles. The Morgan fingerprint density at radius 1 is 1.45 bits per heavy atom. The van der Waals surface area contributed by atoms with Crippen LogP contribution in [0.1, 0.15) is 36.2 Å². The SMILES string of the molecule is CCC(COC)N1C(=O)CNC1c1ccc(C)cc1C. The van der Waals surface area contributed by atoms with Gasteiger partial charge < -0.3 is 9.64 Å². The largest absolute Gasteiger partial charge is 0.383 e. The van der Waals surface area contributed by atoms with Gasteiger partial charge in [-0.1, -0.05) is 30.7 Å². The van der Waals surface area contributed by atoms with Crippen molar-refractivity contribution in [2.24, 2.45) is 0 Å². The number of hydrogen-bond donors (Lipinski definition) is 1. The summed E-state index contributed by atoms with van der Waals surface area (Å²) in [6, 6.07) is 6.50. The quantitative estimate of drug-likeness (QED) is 0.896. The minimum atomic E-state index is -0.0387. The molecule has 4 nitrogen and oxygen atoms in total. The molecular weight excluding hydrogens is 252 g/mol. The number of nitrogens with zero attached hydrogens (tertiary/aromatic N) is 1. The average Bonchev–Trinajstić information content (AvgIpc) is 2.78. The maximum Gasteiger partial charge on any atom is 0.238 e. The van der Waals surface area contributed by atoms with Crippen molar-refractivity contribution in [1.29, 1.82) is 0 Å². The molecule has 1 heterocycles. The second-order valence-corrected chi connectivity index (χ2v) is 5.46. The Kier molecular flexibility index (Phi) is 4.78. The van der Waals surface area contributed by atoms with Crippen molar-refractivity contribution in [3.63, 3.8) is 0 Å². The minimum Gasteiger partial charge on any atom is -0.383 e. The van der Waals surface area contributed by atoms with Gasteiger partial charge >= 0.3 is 0 Å². The highest BCUT2D eigenvalue weighted by atomic mass is 16.5. The zero-order valence-corrected chi connectivity index (χ0v) is 12.8. The van der Waals surface area contributed by atoms with E-state index in [1.165, 1.54) is 16.7 Å². The lowest BCUT2D eigenvalue weighted by atomic mass is 10.0. The third kappa shape index (κ3) is 2.86. The van der Waals surface area contributed by atoms with Gasteiger partial charge in [0.2, 0.25) is 5.91 Å². The van der Waals surface area contributed by atoms with E-state index >= 15 is 0 Å². The Morgan fingerprint density at radius 3 is 2.80 bits per heavy atom. The summed E-state index contributed by atoms with van der Waals surface area (Å²) in [4.78, 5) is 14.2. The van der Waals surface area contributed by atoms with E-state index in [0.717, 1.165) is 6.42 Å². The van der Waals surface area contributed by atoms with Gasteiger partial charge in [-0.05, 0) is 31.4 Å². The molecule has 1 aromatic carbocycles. The van der Waals surface area contributed by atoms with Crippen LogP contribution in [0.2, 0.25) is 0 Å². The van der Waals surface area contributed by atoms with Crippen LogP contribution in [0.4, 0.5) is 0 Å². The summed E-state index contributed by atoms with van der Waals surface area (Å²) in [6.07, 6.45) is 0.853. The second-order valence-electron chi connectivity index (χ2n) is 5.46. The number of nitrogens with one attached hydrogen (secondary N) is 1. The van der Waals surface area contributed by atoms with Crippen LogP contribution >= 0.6 is 0 Å². The molecule has 0 radical (unpaired) electrons. The van der Waals surface area contributed by atoms with Crippen molar-refractivity contribution in [2.45, 2.75) is 39.4 Å². The smallest absolute Gasteiger partial charge is 0.238 e. The second kappa shape index (κ2) is 6.37. The molecule has 1 saturated heterocycles. The summed E-state index contributed by atoms with van der Waals surface area (Å²) in [5, 5.41) is 3.33. The molecule has 0 aliphatic carbocycles. The van der Waals surface area contributed by atoms with E-state index in [1.54, 1.807) is 7.11 Å². The van der Waals surface area contributed by atoms with Crippen molar-refractivity contribution in [3.05, 3.63) is 34.9 Å². The van der Waals surface area contributed by atoms with Gasteiger partial charge in [0, 0.05) is 7.11 Å². The third-order valence-corrected chi connectivity index (χ3v) is 3.96. The van der Waals surface area contributed by atoms with Gasteiger partial charge in [0.1, 0.15) is 6.17 Å². The van der Waals surface area contributed by atoms with Gasteiger partial charge in [-0.25, -0.2) is 0 Å². The monoisotopic (exact) mass is 276 g/mol. The molecule has 1 N–H and O–H groups in total. The first kappa shape index (κ1) is 15.0. The molecule has 0 saturated carbocycles. The van der Waals surface area contributed by atoms with E-state index in [4.69, 9.17) is 4.74 Å². The number of amides is 1. The van der Waals surface area contributed by atoms with Gasteiger partial charge in [-0.15, -0.1) is 0 Å². The lowest BCUT2D eigenvalue weighted by Crippen LogP contribution is -2.42. The van der Waals surface area contributed by atoms with Crippen LogP contribution < -0.4 is 5.32 Å². The van der Waals surface area contributed by atoms with Gasteiger partial charge in [0.25, 0.3) is 0 Å². The average molecular weight is 276 g/mol. The van der Waals surface area contributed by atoms with E-state index < -0.39 is 0 Å². The maximum atomic E-state index is 12.2. The fourth-order valence-corrected chi connectivity index (χ4v) is 2.91. The molecule has 4 heteroatoms. The van der Waals surface area contributed by atoms with Crippen LogP contribution in [0.15, 0.2) is 18.2 Å². The first-order valence-corrected chi connectivity index (χ1v) is 7.19. The Morgan fingerprint density at radius 2 is 2.20 bits per heavy atom. The molecular formula is C16H24N2O2. The molecule has 1 aliphatic heterocycles. The normalized spacial score (nSPS) is 20.5. The van der Waals surface area contributed by atoms with Gasteiger partial charge in [0.05, 0.1) is 19.2 Å². The van der Waals surface area contributed by atoms with Crippen molar-refractivity contribution >= 4 is 5.91 Å². The molecule has 0 bridgehead atoms. The predicted molar refractivity (Wildman–Crippen MR) is 79.5 cm³/mol. The Balaban J connectivity index is 2.31. The molecule has 0 spiro atoms. The molecule has 1 fully saturated rings. The first-order chi connectivity index (χ1) is 9.58. The molecule has 2 unspecified atom stereocenters. The molecule has 1 aliphatic rings. The van der Waals surface area contributed by atoms with E-state index in [2.05, 4.69) is 44.3 Å². The van der Waals surface area contributed by atoms with Crippen molar-refractivity contribution < 1.29 is 9.53 Å². The Hall–Kier alpha value is -1.39. The van der Waals surface area contributed by atoms with Crippen LogP contribution in [0, 0.1) is 13.8 Å². The van der Waals surface area contributed by atoms with Gasteiger partial charge in [0.15, 0.2) is 0 Å². The summed E-state index contributed by atoms with van der Waals surface area (Å²) >= 11 is 0. The first-order valence-electron chi connectivity index (χ1n) is 7.19. The summed E-state index contributed by atoms with van der Waals surface area (Å²) < 4.78 is 5.27. The number of benzene rings is 1. The molecule has 1 aromatic rings. The zero-order chi connectivity index (χ0) is 14.7. The fourth-order valence-electron chi connectivity index (χ4n) is 2.91. The highest BCUT2D eigenvalue weighted by Gasteiger charge is 2.36. The summed E-state index contributed by atoms with van der Waals surface area (Å²) in [5.41, 5.74) is 3.64. The molecule has 110 valence electrons. The number of rotatable bonds is 5. The Bertz CT molecular complexity index is 487. The summed E-state index contributed by atoms with van der Waals surface area (Å²) in [6.45, 7) is 7.25. The standard InChI is InChI=1S/C16H24N2O2/c1-5-13(10-20-4)18-15(19)9-17-16(18)14-7-6-11(2)8-12(14)3/h6-8,13,16-17H,5,9-10H2,1-4H3. The summed E-state index contributed by atoms with van der Waals surface area (Å²) in [7, 11) is 1.68. The number of carbonyl (C=O) groups excluding carboxylic acids is 1. The van der Waals surface area contributed by atoms with Crippen LogP contribution in [0.3, 0.4) is 0 Å². The zero-order valence-electron chi connectivity index (χ0n) is 12.8. The molecule has 2 atom stereocenters. The van der Waals surface area contributed by atoms with Gasteiger partial charge in [-0.2, -0.15) is 0 Å².